The van der Waals surface area contributed by atoms with Crippen LogP contribution in [0.4, 0.5) is 5.82 Å². The number of anilines is 1. The fourth-order valence-electron chi connectivity index (χ4n) is 1.49. The molecule has 2 heterocycles. The van der Waals surface area contributed by atoms with Crippen molar-refractivity contribution in [3.63, 3.8) is 0 Å². The number of halogens is 2. The molecule has 0 fully saturated rings. The molecule has 7 heteroatoms. The monoisotopic (exact) mass is 394 g/mol. The number of nitrogen functional groups attached to an aromatic ring is 1. The predicted molar refractivity (Wildman–Crippen MR) is 83.8 cm³/mol. The zero-order chi connectivity index (χ0) is 13.3. The SMILES string of the molecule is CC(C)Cc1nc(-c2ncc(Cl)s2)nc(N)c1I. The van der Waals surface area contributed by atoms with Crippen molar-refractivity contribution >= 4 is 51.3 Å². The van der Waals surface area contributed by atoms with Crippen LogP contribution in [0.15, 0.2) is 6.20 Å². The molecule has 18 heavy (non-hydrogen) atoms. The molecular formula is C11H12ClIN4S. The average molecular weight is 395 g/mol. The van der Waals surface area contributed by atoms with Gasteiger partial charge in [0.1, 0.15) is 10.2 Å². The van der Waals surface area contributed by atoms with E-state index in [1.807, 2.05) is 0 Å². The normalized spacial score (nSPS) is 11.2. The quantitative estimate of drug-likeness (QED) is 0.807. The first-order valence-corrected chi connectivity index (χ1v) is 7.68. The number of hydrogen-bond donors (Lipinski definition) is 1. The molecule has 0 amide bonds. The van der Waals surface area contributed by atoms with Gasteiger partial charge in [-0.05, 0) is 34.9 Å². The Bertz CT molecular complexity index is 570. The molecule has 2 aromatic heterocycles. The fourth-order valence-corrected chi connectivity index (χ4v) is 2.80. The lowest BCUT2D eigenvalue weighted by atomic mass is 10.1. The summed E-state index contributed by atoms with van der Waals surface area (Å²) in [5, 5.41) is 0.702. The van der Waals surface area contributed by atoms with Crippen LogP contribution in [-0.4, -0.2) is 15.0 Å². The second-order valence-corrected chi connectivity index (χ2v) is 7.00. The molecule has 4 nitrogen and oxygen atoms in total. The summed E-state index contributed by atoms with van der Waals surface area (Å²) in [4.78, 5) is 13.0. The summed E-state index contributed by atoms with van der Waals surface area (Å²) < 4.78 is 1.55. The van der Waals surface area contributed by atoms with Crippen molar-refractivity contribution in [2.24, 2.45) is 5.92 Å². The van der Waals surface area contributed by atoms with Gasteiger partial charge in [0.2, 0.25) is 0 Å². The molecule has 2 N–H and O–H groups in total. The average Bonchev–Trinajstić information content (AvgIpc) is 2.70. The van der Waals surface area contributed by atoms with E-state index >= 15 is 0 Å². The number of hydrogen-bond acceptors (Lipinski definition) is 5. The lowest BCUT2D eigenvalue weighted by Gasteiger charge is -2.09. The van der Waals surface area contributed by atoms with Crippen LogP contribution >= 0.6 is 45.5 Å². The van der Waals surface area contributed by atoms with Crippen LogP contribution in [0.3, 0.4) is 0 Å². The Balaban J connectivity index is 2.46. The highest BCUT2D eigenvalue weighted by Gasteiger charge is 2.14. The van der Waals surface area contributed by atoms with Crippen molar-refractivity contribution in [2.75, 3.05) is 5.73 Å². The first-order chi connectivity index (χ1) is 8.47. The fraction of sp³-hybridized carbons (Fsp3) is 0.364. The molecule has 0 radical (unpaired) electrons. The third-order valence-electron chi connectivity index (χ3n) is 2.22. The van der Waals surface area contributed by atoms with Crippen LogP contribution in [0.25, 0.3) is 10.8 Å². The summed E-state index contributed by atoms with van der Waals surface area (Å²) in [6.45, 7) is 4.29. The molecule has 2 rings (SSSR count). The third kappa shape index (κ3) is 3.10. The first kappa shape index (κ1) is 14.0. The van der Waals surface area contributed by atoms with Crippen molar-refractivity contribution in [3.8, 4) is 10.8 Å². The van der Waals surface area contributed by atoms with E-state index in [-0.39, 0.29) is 0 Å². The van der Waals surface area contributed by atoms with Crippen LogP contribution in [0.1, 0.15) is 19.5 Å². The molecule has 0 spiro atoms. The summed E-state index contributed by atoms with van der Waals surface area (Å²) in [6.07, 6.45) is 2.47. The van der Waals surface area contributed by atoms with Gasteiger partial charge in [-0.3, -0.25) is 0 Å². The standard InChI is InChI=1S/C11H12ClIN4S/c1-5(2)3-6-8(13)9(14)17-10(16-6)11-15-4-7(12)18-11/h4-5H,3H2,1-2H3,(H2,14,16,17). The van der Waals surface area contributed by atoms with Gasteiger partial charge in [0.05, 0.1) is 15.5 Å². The third-order valence-corrected chi connectivity index (χ3v) is 4.50. The molecule has 0 aliphatic heterocycles. The maximum Gasteiger partial charge on any atom is 0.191 e. The van der Waals surface area contributed by atoms with E-state index < -0.39 is 0 Å². The number of nitrogens with two attached hydrogens (primary N) is 1. The molecule has 2 aromatic rings. The molecular weight excluding hydrogens is 383 g/mol. The van der Waals surface area contributed by atoms with E-state index in [2.05, 4.69) is 51.4 Å². The van der Waals surface area contributed by atoms with Crippen LogP contribution in [-0.2, 0) is 6.42 Å². The first-order valence-electron chi connectivity index (χ1n) is 5.41. The number of aromatic nitrogens is 3. The second kappa shape index (κ2) is 5.66. The minimum atomic E-state index is 0.502. The molecule has 0 saturated heterocycles. The molecule has 0 aliphatic rings. The minimum Gasteiger partial charge on any atom is -0.383 e. The largest absolute Gasteiger partial charge is 0.383 e. The summed E-state index contributed by atoms with van der Waals surface area (Å²) >= 11 is 9.41. The Hall–Kier alpha value is -0.470. The van der Waals surface area contributed by atoms with Crippen LogP contribution in [0, 0.1) is 9.49 Å². The van der Waals surface area contributed by atoms with Crippen LogP contribution < -0.4 is 5.73 Å². The molecule has 0 atom stereocenters. The van der Waals surface area contributed by atoms with E-state index in [0.29, 0.717) is 26.9 Å². The highest BCUT2D eigenvalue weighted by atomic mass is 127. The highest BCUT2D eigenvalue weighted by molar-refractivity contribution is 14.1. The predicted octanol–water partition coefficient (Wildman–Crippen LogP) is 3.64. The molecule has 0 aliphatic carbocycles. The van der Waals surface area contributed by atoms with E-state index in [9.17, 15) is 0 Å². The van der Waals surface area contributed by atoms with Gasteiger partial charge in [0.25, 0.3) is 0 Å². The second-order valence-electron chi connectivity index (χ2n) is 4.26. The summed E-state index contributed by atoms with van der Waals surface area (Å²) in [5.41, 5.74) is 6.90. The highest BCUT2D eigenvalue weighted by Crippen LogP contribution is 2.28. The van der Waals surface area contributed by atoms with Crippen LogP contribution in [0.2, 0.25) is 4.34 Å². The van der Waals surface area contributed by atoms with Crippen molar-refractivity contribution in [1.82, 2.24) is 15.0 Å². The summed E-state index contributed by atoms with van der Waals surface area (Å²) in [7, 11) is 0. The van der Waals surface area contributed by atoms with E-state index in [4.69, 9.17) is 17.3 Å². The van der Waals surface area contributed by atoms with Gasteiger partial charge in [0.15, 0.2) is 10.8 Å². The topological polar surface area (TPSA) is 64.7 Å². The van der Waals surface area contributed by atoms with Gasteiger partial charge in [-0.15, -0.1) is 0 Å². The number of thiazole rings is 1. The van der Waals surface area contributed by atoms with Crippen molar-refractivity contribution in [3.05, 3.63) is 19.8 Å². The zero-order valence-electron chi connectivity index (χ0n) is 9.94. The number of rotatable bonds is 3. The maximum atomic E-state index is 5.93. The summed E-state index contributed by atoms with van der Waals surface area (Å²) in [6, 6.07) is 0. The Morgan fingerprint density at radius 2 is 2.17 bits per heavy atom. The zero-order valence-corrected chi connectivity index (χ0v) is 13.7. The van der Waals surface area contributed by atoms with Crippen LogP contribution in [0.5, 0.6) is 0 Å². The van der Waals surface area contributed by atoms with Gasteiger partial charge in [-0.25, -0.2) is 15.0 Å². The van der Waals surface area contributed by atoms with Crippen molar-refractivity contribution in [2.45, 2.75) is 20.3 Å². The Morgan fingerprint density at radius 3 is 2.72 bits per heavy atom. The van der Waals surface area contributed by atoms with Gasteiger partial charge in [0, 0.05) is 0 Å². The smallest absolute Gasteiger partial charge is 0.191 e. The Kier molecular flexibility index (Phi) is 4.39. The van der Waals surface area contributed by atoms with Gasteiger partial charge < -0.3 is 5.73 Å². The minimum absolute atomic E-state index is 0.502. The molecule has 0 aromatic carbocycles. The van der Waals surface area contributed by atoms with Crippen molar-refractivity contribution in [1.29, 1.82) is 0 Å². The van der Waals surface area contributed by atoms with E-state index in [1.54, 1.807) is 6.20 Å². The van der Waals surface area contributed by atoms with E-state index in [1.165, 1.54) is 11.3 Å². The molecule has 0 bridgehead atoms. The molecule has 0 saturated carbocycles. The Morgan fingerprint density at radius 1 is 1.44 bits per heavy atom. The Labute approximate surface area is 128 Å². The van der Waals surface area contributed by atoms with E-state index in [0.717, 1.165) is 15.7 Å². The summed E-state index contributed by atoms with van der Waals surface area (Å²) in [5.74, 6) is 1.57. The lowest BCUT2D eigenvalue weighted by molar-refractivity contribution is 0.632. The maximum absolute atomic E-state index is 5.93. The van der Waals surface area contributed by atoms with Gasteiger partial charge in [-0.1, -0.05) is 36.8 Å². The lowest BCUT2D eigenvalue weighted by Crippen LogP contribution is -2.07. The van der Waals surface area contributed by atoms with Gasteiger partial charge >= 0.3 is 0 Å². The molecule has 0 unspecified atom stereocenters. The van der Waals surface area contributed by atoms with Gasteiger partial charge in [-0.2, -0.15) is 0 Å². The van der Waals surface area contributed by atoms with Crippen molar-refractivity contribution < 1.29 is 0 Å². The number of nitrogens with zero attached hydrogens (tertiary/aromatic N) is 3. The molecule has 96 valence electrons.